The Bertz CT molecular complexity index is 513. The summed E-state index contributed by atoms with van der Waals surface area (Å²) in [4.78, 5) is 17.1. The lowest BCUT2D eigenvalue weighted by atomic mass is 9.95. The smallest absolute Gasteiger partial charge is 0.227 e. The molecule has 21 heavy (non-hydrogen) atoms. The molecule has 0 aliphatic carbocycles. The van der Waals surface area contributed by atoms with Gasteiger partial charge in [0.1, 0.15) is 0 Å². The second kappa shape index (κ2) is 5.43. The zero-order chi connectivity index (χ0) is 14.2. The molecule has 0 radical (unpaired) electrons. The van der Waals surface area contributed by atoms with Crippen LogP contribution in [0.2, 0.25) is 0 Å². The molecule has 0 unspecified atom stereocenters. The summed E-state index contributed by atoms with van der Waals surface area (Å²) in [6.07, 6.45) is 3.90. The zero-order valence-corrected chi connectivity index (χ0v) is 12.3. The summed E-state index contributed by atoms with van der Waals surface area (Å²) < 4.78 is 5.56. The summed E-state index contributed by atoms with van der Waals surface area (Å²) >= 11 is 0. The molecule has 0 N–H and O–H groups in total. The predicted octanol–water partition coefficient (Wildman–Crippen LogP) is 2.05. The normalized spacial score (nSPS) is 33.4. The number of carbonyl (C=O) groups excluding carboxylic acids is 1. The Morgan fingerprint density at radius 2 is 1.90 bits per heavy atom. The number of anilines is 1. The number of hydrogen-bond donors (Lipinski definition) is 0. The van der Waals surface area contributed by atoms with Gasteiger partial charge in [0.15, 0.2) is 0 Å². The minimum absolute atomic E-state index is 0.284. The van der Waals surface area contributed by atoms with Crippen molar-refractivity contribution in [2.75, 3.05) is 24.7 Å². The number of para-hydroxylation sites is 1. The number of fused-ring (bicyclic) bond motifs is 1. The first-order valence-corrected chi connectivity index (χ1v) is 8.05. The quantitative estimate of drug-likeness (QED) is 0.834. The van der Waals surface area contributed by atoms with Crippen LogP contribution in [0.4, 0.5) is 5.69 Å². The standard InChI is InChI=1S/C17H22N2O2/c20-17-7-6-15-16(19(17)13-4-2-1-3-5-13)8-10-18(15)14-9-11-21-12-14/h1-5,14-16H,6-12H2/t14-,15-,16-/m0/s1. The maximum Gasteiger partial charge on any atom is 0.227 e. The first-order chi connectivity index (χ1) is 10.3. The van der Waals surface area contributed by atoms with Crippen molar-refractivity contribution in [1.29, 1.82) is 0 Å². The van der Waals surface area contributed by atoms with Gasteiger partial charge in [0, 0.05) is 37.3 Å². The van der Waals surface area contributed by atoms with Gasteiger partial charge in [0.05, 0.1) is 12.6 Å². The SMILES string of the molecule is O=C1CC[C@H]2[C@H](CCN2[C@H]2CCOC2)N1c1ccccc1. The second-order valence-corrected chi connectivity index (χ2v) is 6.32. The number of rotatable bonds is 2. The van der Waals surface area contributed by atoms with E-state index in [4.69, 9.17) is 4.74 Å². The Hall–Kier alpha value is -1.39. The Labute approximate surface area is 125 Å². The fourth-order valence-electron chi connectivity index (χ4n) is 4.26. The van der Waals surface area contributed by atoms with Gasteiger partial charge in [-0.3, -0.25) is 9.69 Å². The Kier molecular flexibility index (Phi) is 3.43. The van der Waals surface area contributed by atoms with Gasteiger partial charge in [-0.2, -0.15) is 0 Å². The maximum absolute atomic E-state index is 12.4. The van der Waals surface area contributed by atoms with Gasteiger partial charge in [-0.1, -0.05) is 18.2 Å². The third-order valence-corrected chi connectivity index (χ3v) is 5.22. The third kappa shape index (κ3) is 2.27. The molecular formula is C17H22N2O2. The lowest BCUT2D eigenvalue weighted by Crippen LogP contribution is -2.54. The van der Waals surface area contributed by atoms with Crippen LogP contribution in [0.3, 0.4) is 0 Å². The van der Waals surface area contributed by atoms with Crippen LogP contribution < -0.4 is 4.90 Å². The van der Waals surface area contributed by atoms with Crippen LogP contribution in [0.25, 0.3) is 0 Å². The van der Waals surface area contributed by atoms with Crippen LogP contribution >= 0.6 is 0 Å². The molecule has 4 heteroatoms. The topological polar surface area (TPSA) is 32.8 Å². The largest absolute Gasteiger partial charge is 0.380 e. The monoisotopic (exact) mass is 286 g/mol. The van der Waals surface area contributed by atoms with E-state index in [1.807, 2.05) is 18.2 Å². The highest BCUT2D eigenvalue weighted by Gasteiger charge is 2.46. The molecule has 3 heterocycles. The molecule has 4 rings (SSSR count). The number of ether oxygens (including phenoxy) is 1. The molecule has 112 valence electrons. The minimum atomic E-state index is 0.284. The lowest BCUT2D eigenvalue weighted by molar-refractivity contribution is -0.121. The molecule has 0 bridgehead atoms. The van der Waals surface area contributed by atoms with Crippen LogP contribution in [0, 0.1) is 0 Å². The zero-order valence-electron chi connectivity index (χ0n) is 12.3. The first-order valence-electron chi connectivity index (χ1n) is 8.05. The van der Waals surface area contributed by atoms with E-state index in [1.54, 1.807) is 0 Å². The summed E-state index contributed by atoms with van der Waals surface area (Å²) in [7, 11) is 0. The van der Waals surface area contributed by atoms with Gasteiger partial charge < -0.3 is 9.64 Å². The predicted molar refractivity (Wildman–Crippen MR) is 81.3 cm³/mol. The van der Waals surface area contributed by atoms with E-state index in [9.17, 15) is 4.79 Å². The Morgan fingerprint density at radius 1 is 1.05 bits per heavy atom. The van der Waals surface area contributed by atoms with Crippen molar-refractivity contribution in [3.05, 3.63) is 30.3 Å². The molecule has 0 saturated carbocycles. The number of carbonyl (C=O) groups is 1. The van der Waals surface area contributed by atoms with Crippen LogP contribution in [-0.4, -0.2) is 48.7 Å². The summed E-state index contributed by atoms with van der Waals surface area (Å²) in [5, 5.41) is 0. The van der Waals surface area contributed by atoms with E-state index >= 15 is 0 Å². The second-order valence-electron chi connectivity index (χ2n) is 6.32. The van der Waals surface area contributed by atoms with Crippen molar-refractivity contribution in [2.45, 2.75) is 43.8 Å². The van der Waals surface area contributed by atoms with E-state index in [0.29, 0.717) is 24.5 Å². The number of hydrogen-bond acceptors (Lipinski definition) is 3. The molecule has 3 aliphatic heterocycles. The average molecular weight is 286 g/mol. The van der Waals surface area contributed by atoms with E-state index in [1.165, 1.54) is 0 Å². The maximum atomic E-state index is 12.4. The third-order valence-electron chi connectivity index (χ3n) is 5.22. The molecule has 1 aromatic carbocycles. The summed E-state index contributed by atoms with van der Waals surface area (Å²) in [6.45, 7) is 2.85. The molecule has 3 atom stereocenters. The molecule has 0 aromatic heterocycles. The Balaban J connectivity index is 1.59. The van der Waals surface area contributed by atoms with E-state index in [0.717, 1.165) is 44.7 Å². The van der Waals surface area contributed by atoms with E-state index < -0.39 is 0 Å². The van der Waals surface area contributed by atoms with Crippen molar-refractivity contribution in [2.24, 2.45) is 0 Å². The van der Waals surface area contributed by atoms with Gasteiger partial charge in [-0.05, 0) is 31.4 Å². The van der Waals surface area contributed by atoms with Crippen molar-refractivity contribution < 1.29 is 9.53 Å². The first kappa shape index (κ1) is 13.3. The van der Waals surface area contributed by atoms with Crippen LogP contribution in [0.15, 0.2) is 30.3 Å². The van der Waals surface area contributed by atoms with Gasteiger partial charge in [0.25, 0.3) is 0 Å². The lowest BCUT2D eigenvalue weighted by Gasteiger charge is -2.41. The van der Waals surface area contributed by atoms with Gasteiger partial charge >= 0.3 is 0 Å². The number of piperidine rings is 1. The van der Waals surface area contributed by atoms with Crippen molar-refractivity contribution in [1.82, 2.24) is 4.90 Å². The van der Waals surface area contributed by atoms with Gasteiger partial charge in [-0.25, -0.2) is 0 Å². The number of amides is 1. The average Bonchev–Trinajstić information content (AvgIpc) is 3.16. The van der Waals surface area contributed by atoms with E-state index in [-0.39, 0.29) is 5.91 Å². The number of nitrogens with zero attached hydrogens (tertiary/aromatic N) is 2. The molecule has 1 amide bonds. The summed E-state index contributed by atoms with van der Waals surface area (Å²) in [5.74, 6) is 0.284. The van der Waals surface area contributed by atoms with Crippen molar-refractivity contribution in [3.63, 3.8) is 0 Å². The summed E-state index contributed by atoms with van der Waals surface area (Å²) in [5.41, 5.74) is 1.06. The molecule has 4 nitrogen and oxygen atoms in total. The molecule has 1 aromatic rings. The molecular weight excluding hydrogens is 264 g/mol. The molecule has 3 aliphatic rings. The highest BCUT2D eigenvalue weighted by atomic mass is 16.5. The van der Waals surface area contributed by atoms with Crippen LogP contribution in [0.1, 0.15) is 25.7 Å². The van der Waals surface area contributed by atoms with Gasteiger partial charge in [-0.15, -0.1) is 0 Å². The highest BCUT2D eigenvalue weighted by molar-refractivity contribution is 5.95. The van der Waals surface area contributed by atoms with Gasteiger partial charge in [0.2, 0.25) is 5.91 Å². The summed E-state index contributed by atoms with van der Waals surface area (Å²) in [6, 6.07) is 11.6. The molecule has 3 saturated heterocycles. The fraction of sp³-hybridized carbons (Fsp3) is 0.588. The highest BCUT2D eigenvalue weighted by Crippen LogP contribution is 2.36. The molecule has 0 spiro atoms. The van der Waals surface area contributed by atoms with Crippen molar-refractivity contribution in [3.8, 4) is 0 Å². The van der Waals surface area contributed by atoms with Crippen molar-refractivity contribution >= 4 is 11.6 Å². The fourth-order valence-corrected chi connectivity index (χ4v) is 4.26. The van der Waals surface area contributed by atoms with Crippen LogP contribution in [-0.2, 0) is 9.53 Å². The van der Waals surface area contributed by atoms with Crippen LogP contribution in [0.5, 0.6) is 0 Å². The Morgan fingerprint density at radius 3 is 2.67 bits per heavy atom. The molecule has 3 fully saturated rings. The minimum Gasteiger partial charge on any atom is -0.380 e. The number of benzene rings is 1. The van der Waals surface area contributed by atoms with E-state index in [2.05, 4.69) is 21.9 Å². The number of likely N-dealkylation sites (tertiary alicyclic amines) is 1.